The van der Waals surface area contributed by atoms with Crippen molar-refractivity contribution in [2.45, 2.75) is 12.5 Å². The van der Waals surface area contributed by atoms with E-state index in [2.05, 4.69) is 37.3 Å². The number of carbonyl (C=O) groups is 2. The Hall–Kier alpha value is -4.12. The number of hydrogen-bond donors (Lipinski definition) is 2. The molecule has 1 fully saturated rings. The number of hydrogen-bond acceptors (Lipinski definition) is 9. The molecule has 1 atom stereocenters. The summed E-state index contributed by atoms with van der Waals surface area (Å²) in [7, 11) is 3.17. The van der Waals surface area contributed by atoms with Crippen LogP contribution in [0.4, 0.5) is 22.4 Å². The number of carbonyl (C=O) groups excluding carboxylic acids is 1. The molecule has 0 bridgehead atoms. The molecule has 37 heavy (non-hydrogen) atoms. The molecule has 1 amide bonds. The maximum Gasteiger partial charge on any atom is 0.414 e. The quantitative estimate of drug-likeness (QED) is 0.453. The van der Waals surface area contributed by atoms with Gasteiger partial charge in [-0.1, -0.05) is 30.3 Å². The molecular weight excluding hydrogens is 498 g/mol. The van der Waals surface area contributed by atoms with Crippen molar-refractivity contribution in [3.05, 3.63) is 65.4 Å². The van der Waals surface area contributed by atoms with E-state index < -0.39 is 18.1 Å². The molecule has 2 N–H and O–H groups in total. The number of nitrogens with one attached hydrogen (secondary N) is 1. The van der Waals surface area contributed by atoms with Crippen LogP contribution in [0, 0.1) is 0 Å². The van der Waals surface area contributed by atoms with Crippen LogP contribution in [0.2, 0.25) is 5.28 Å². The first kappa shape index (κ1) is 26.0. The molecule has 0 spiro atoms. The second kappa shape index (κ2) is 11.7. The van der Waals surface area contributed by atoms with Crippen molar-refractivity contribution in [1.82, 2.24) is 19.9 Å². The minimum Gasteiger partial charge on any atom is -0.480 e. The predicted molar refractivity (Wildman–Crippen MR) is 141 cm³/mol. The van der Waals surface area contributed by atoms with Gasteiger partial charge in [-0.05, 0) is 41.4 Å². The average Bonchev–Trinajstić information content (AvgIpc) is 2.89. The average molecular weight is 526 g/mol. The molecule has 11 nitrogen and oxygen atoms in total. The predicted octanol–water partition coefficient (Wildman–Crippen LogP) is 3.02. The molecule has 1 aromatic heterocycles. The van der Waals surface area contributed by atoms with Crippen LogP contribution in [0.15, 0.2) is 54.6 Å². The van der Waals surface area contributed by atoms with E-state index >= 15 is 0 Å². The third kappa shape index (κ3) is 6.98. The molecule has 4 rings (SSSR count). The molecule has 0 radical (unpaired) electrons. The van der Waals surface area contributed by atoms with Gasteiger partial charge in [-0.3, -0.25) is 0 Å². The van der Waals surface area contributed by atoms with Gasteiger partial charge in [0.25, 0.3) is 0 Å². The standard InChI is InChI=1S/C25H28ClN7O4/c1-31(2)25(36)37-19-10-8-17(9-11-19)16-20(21(34)35)27-23-28-22(26)29-24(30-23)33-14-12-32(13-15-33)18-6-4-3-5-7-18/h3-11,20H,12-16H2,1-2H3,(H,34,35)(H,27,28,29,30)/t20-/m0/s1. The lowest BCUT2D eigenvalue weighted by Crippen LogP contribution is -2.47. The number of aromatic nitrogens is 3. The third-order valence-electron chi connectivity index (χ3n) is 5.82. The highest BCUT2D eigenvalue weighted by Crippen LogP contribution is 2.21. The van der Waals surface area contributed by atoms with Gasteiger partial charge >= 0.3 is 12.1 Å². The molecule has 2 heterocycles. The molecule has 3 aromatic rings. The fourth-order valence-electron chi connectivity index (χ4n) is 3.83. The van der Waals surface area contributed by atoms with Crippen LogP contribution in [-0.4, -0.2) is 83.3 Å². The molecule has 1 aliphatic heterocycles. The summed E-state index contributed by atoms with van der Waals surface area (Å²) in [4.78, 5) is 42.1. The Kier molecular flexibility index (Phi) is 8.24. The zero-order valence-electron chi connectivity index (χ0n) is 20.5. The number of anilines is 3. The summed E-state index contributed by atoms with van der Waals surface area (Å²) >= 11 is 6.17. The maximum atomic E-state index is 12.0. The molecule has 0 saturated carbocycles. The summed E-state index contributed by atoms with van der Waals surface area (Å²) in [6.45, 7) is 2.94. The molecule has 194 valence electrons. The van der Waals surface area contributed by atoms with Crippen LogP contribution >= 0.6 is 11.6 Å². The molecule has 2 aromatic carbocycles. The van der Waals surface area contributed by atoms with Crippen molar-refractivity contribution >= 4 is 41.2 Å². The number of halogens is 1. The zero-order chi connectivity index (χ0) is 26.4. The Morgan fingerprint density at radius 3 is 2.27 bits per heavy atom. The second-order valence-electron chi connectivity index (χ2n) is 8.68. The normalized spacial score (nSPS) is 14.1. The fourth-order valence-corrected chi connectivity index (χ4v) is 3.98. The first-order chi connectivity index (χ1) is 17.8. The van der Waals surface area contributed by atoms with E-state index in [1.165, 1.54) is 4.90 Å². The lowest BCUT2D eigenvalue weighted by Gasteiger charge is -2.36. The molecule has 12 heteroatoms. The minimum absolute atomic E-state index is 0.0193. The van der Waals surface area contributed by atoms with Crippen molar-refractivity contribution in [1.29, 1.82) is 0 Å². The summed E-state index contributed by atoms with van der Waals surface area (Å²) < 4.78 is 5.20. The number of para-hydroxylation sites is 1. The lowest BCUT2D eigenvalue weighted by atomic mass is 10.1. The summed E-state index contributed by atoms with van der Waals surface area (Å²) in [6, 6.07) is 15.8. The van der Waals surface area contributed by atoms with Crippen molar-refractivity contribution in [3.8, 4) is 5.75 Å². The first-order valence-electron chi connectivity index (χ1n) is 11.7. The van der Waals surface area contributed by atoms with Gasteiger partial charge in [0.2, 0.25) is 17.2 Å². The number of carboxylic acids is 1. The van der Waals surface area contributed by atoms with E-state index in [0.717, 1.165) is 24.3 Å². The van der Waals surface area contributed by atoms with E-state index in [1.807, 2.05) is 23.1 Å². The number of nitrogens with zero attached hydrogens (tertiary/aromatic N) is 6. The number of amides is 1. The van der Waals surface area contributed by atoms with E-state index in [-0.39, 0.29) is 17.7 Å². The largest absolute Gasteiger partial charge is 0.480 e. The SMILES string of the molecule is CN(C)C(=O)Oc1ccc(C[C@H](Nc2nc(Cl)nc(N3CCN(c4ccccc4)CC3)n2)C(=O)O)cc1. The van der Waals surface area contributed by atoms with E-state index in [0.29, 0.717) is 24.8 Å². The number of rotatable bonds is 8. The Balaban J connectivity index is 1.40. The summed E-state index contributed by atoms with van der Waals surface area (Å²) in [6.07, 6.45) is -0.354. The Bertz CT molecular complexity index is 1220. The highest BCUT2D eigenvalue weighted by Gasteiger charge is 2.23. The van der Waals surface area contributed by atoms with Crippen molar-refractivity contribution in [2.24, 2.45) is 0 Å². The molecule has 0 aliphatic carbocycles. The number of benzene rings is 2. The molecule has 0 unspecified atom stereocenters. The summed E-state index contributed by atoms with van der Waals surface area (Å²) in [5, 5.41) is 12.6. The van der Waals surface area contributed by atoms with Gasteiger partial charge in [0, 0.05) is 52.4 Å². The van der Waals surface area contributed by atoms with E-state index in [4.69, 9.17) is 16.3 Å². The number of aliphatic carboxylic acids is 1. The number of carboxylic acid groups (broad SMARTS) is 1. The monoisotopic (exact) mass is 525 g/mol. The summed E-state index contributed by atoms with van der Waals surface area (Å²) in [5.41, 5.74) is 1.88. The fraction of sp³-hybridized carbons (Fsp3) is 0.320. The van der Waals surface area contributed by atoms with Crippen molar-refractivity contribution < 1.29 is 19.4 Å². The van der Waals surface area contributed by atoms with Crippen LogP contribution in [0.3, 0.4) is 0 Å². The Morgan fingerprint density at radius 1 is 1.00 bits per heavy atom. The third-order valence-corrected chi connectivity index (χ3v) is 5.98. The Morgan fingerprint density at radius 2 is 1.65 bits per heavy atom. The van der Waals surface area contributed by atoms with Gasteiger partial charge in [0.15, 0.2) is 0 Å². The Labute approximate surface area is 219 Å². The van der Waals surface area contributed by atoms with Gasteiger partial charge in [0.1, 0.15) is 11.8 Å². The zero-order valence-corrected chi connectivity index (χ0v) is 21.3. The first-order valence-corrected chi connectivity index (χ1v) is 12.1. The van der Waals surface area contributed by atoms with Crippen molar-refractivity contribution in [3.63, 3.8) is 0 Å². The van der Waals surface area contributed by atoms with Crippen LogP contribution < -0.4 is 19.9 Å². The van der Waals surface area contributed by atoms with Crippen LogP contribution in [0.5, 0.6) is 5.75 Å². The van der Waals surface area contributed by atoms with Gasteiger partial charge in [-0.2, -0.15) is 15.0 Å². The van der Waals surface area contributed by atoms with E-state index in [9.17, 15) is 14.7 Å². The maximum absolute atomic E-state index is 12.0. The highest BCUT2D eigenvalue weighted by atomic mass is 35.5. The highest BCUT2D eigenvalue weighted by molar-refractivity contribution is 6.28. The lowest BCUT2D eigenvalue weighted by molar-refractivity contribution is -0.137. The van der Waals surface area contributed by atoms with Crippen LogP contribution in [0.1, 0.15) is 5.56 Å². The number of ether oxygens (including phenoxy) is 1. The second-order valence-corrected chi connectivity index (χ2v) is 9.02. The van der Waals surface area contributed by atoms with Gasteiger partial charge in [-0.15, -0.1) is 0 Å². The van der Waals surface area contributed by atoms with Gasteiger partial charge in [0.05, 0.1) is 0 Å². The van der Waals surface area contributed by atoms with Gasteiger partial charge < -0.3 is 29.9 Å². The minimum atomic E-state index is -1.07. The molecule has 1 saturated heterocycles. The van der Waals surface area contributed by atoms with Crippen LogP contribution in [0.25, 0.3) is 0 Å². The number of piperazine rings is 1. The molecular formula is C25H28ClN7O4. The van der Waals surface area contributed by atoms with Gasteiger partial charge in [-0.25, -0.2) is 9.59 Å². The van der Waals surface area contributed by atoms with Crippen LogP contribution in [-0.2, 0) is 11.2 Å². The van der Waals surface area contributed by atoms with E-state index in [1.54, 1.807) is 38.4 Å². The topological polar surface area (TPSA) is 124 Å². The smallest absolute Gasteiger partial charge is 0.414 e. The summed E-state index contributed by atoms with van der Waals surface area (Å²) in [5.74, 6) is -0.225. The van der Waals surface area contributed by atoms with Crippen molar-refractivity contribution in [2.75, 3.05) is 55.4 Å². The molecule has 1 aliphatic rings.